The van der Waals surface area contributed by atoms with Crippen molar-refractivity contribution in [3.8, 4) is 0 Å². The predicted molar refractivity (Wildman–Crippen MR) is 87.0 cm³/mol. The number of aromatic amines is 1. The lowest BCUT2D eigenvalue weighted by Crippen LogP contribution is -2.28. The second-order valence-corrected chi connectivity index (χ2v) is 6.45. The summed E-state index contributed by atoms with van der Waals surface area (Å²) in [6.07, 6.45) is 6.06. The largest absolute Gasteiger partial charge is 0.336 e. The number of H-pyrrole nitrogens is 1. The number of imidazole rings is 1. The molecule has 1 saturated carbocycles. The Morgan fingerprint density at radius 2 is 2.21 bits per heavy atom. The Morgan fingerprint density at radius 3 is 2.96 bits per heavy atom. The summed E-state index contributed by atoms with van der Waals surface area (Å²) in [6, 6.07) is 5.61. The number of likely N-dealkylation sites (tertiary alicyclic amines) is 1. The van der Waals surface area contributed by atoms with Gasteiger partial charge in [-0.3, -0.25) is 19.9 Å². The molecule has 2 aliphatic rings. The first kappa shape index (κ1) is 14.9. The minimum absolute atomic E-state index is 0.0149. The van der Waals surface area contributed by atoms with Crippen molar-refractivity contribution in [1.29, 1.82) is 0 Å². The van der Waals surface area contributed by atoms with E-state index in [1.807, 2.05) is 18.2 Å². The molecular weight excluding hydrogens is 306 g/mol. The molecular formula is C17H19N5O2. The van der Waals surface area contributed by atoms with Gasteiger partial charge in [-0.1, -0.05) is 6.07 Å². The van der Waals surface area contributed by atoms with Crippen LogP contribution in [0, 0.1) is 5.92 Å². The molecule has 7 nitrogen and oxygen atoms in total. The fourth-order valence-corrected chi connectivity index (χ4v) is 3.01. The molecule has 0 aromatic carbocycles. The number of pyridine rings is 1. The van der Waals surface area contributed by atoms with Gasteiger partial charge in [-0.05, 0) is 25.0 Å². The number of amides is 2. The molecule has 1 unspecified atom stereocenters. The molecule has 2 N–H and O–H groups in total. The number of hydrogen-bond donors (Lipinski definition) is 2. The smallest absolute Gasteiger partial charge is 0.232 e. The fourth-order valence-electron chi connectivity index (χ4n) is 3.01. The highest BCUT2D eigenvalue weighted by molar-refractivity contribution is 5.96. The third-order valence-electron chi connectivity index (χ3n) is 4.52. The Bertz CT molecular complexity index is 753. The van der Waals surface area contributed by atoms with Crippen molar-refractivity contribution in [2.24, 2.45) is 5.92 Å². The summed E-state index contributed by atoms with van der Waals surface area (Å²) in [4.78, 5) is 37.8. The van der Waals surface area contributed by atoms with Crippen LogP contribution in [0.5, 0.6) is 0 Å². The number of rotatable bonds is 5. The number of hydrogen-bond acceptors (Lipinski definition) is 4. The maximum absolute atomic E-state index is 12.4. The van der Waals surface area contributed by atoms with Crippen molar-refractivity contribution in [2.75, 3.05) is 11.9 Å². The average molecular weight is 325 g/mol. The van der Waals surface area contributed by atoms with E-state index in [1.54, 1.807) is 17.3 Å². The molecule has 1 aliphatic carbocycles. The van der Waals surface area contributed by atoms with Gasteiger partial charge in [0.1, 0.15) is 0 Å². The van der Waals surface area contributed by atoms with Gasteiger partial charge >= 0.3 is 0 Å². The van der Waals surface area contributed by atoms with Crippen LogP contribution in [-0.2, 0) is 16.1 Å². The summed E-state index contributed by atoms with van der Waals surface area (Å²) in [5, 5.41) is 2.79. The second-order valence-electron chi connectivity index (χ2n) is 6.45. The van der Waals surface area contributed by atoms with Crippen LogP contribution in [0.1, 0.15) is 36.6 Å². The maximum Gasteiger partial charge on any atom is 0.232 e. The third kappa shape index (κ3) is 3.15. The molecule has 0 radical (unpaired) electrons. The summed E-state index contributed by atoms with van der Waals surface area (Å²) in [5.41, 5.74) is 1.90. The van der Waals surface area contributed by atoms with E-state index in [1.165, 1.54) is 12.8 Å². The Hall–Kier alpha value is -2.70. The predicted octanol–water partition coefficient (Wildman–Crippen LogP) is 1.67. The van der Waals surface area contributed by atoms with Gasteiger partial charge in [-0.2, -0.15) is 0 Å². The highest BCUT2D eigenvalue weighted by Crippen LogP contribution is 2.39. The second kappa shape index (κ2) is 6.07. The minimum Gasteiger partial charge on any atom is -0.336 e. The average Bonchev–Trinajstić information content (AvgIpc) is 3.23. The number of nitrogens with one attached hydrogen (secondary N) is 2. The molecule has 2 aromatic rings. The zero-order valence-electron chi connectivity index (χ0n) is 13.2. The quantitative estimate of drug-likeness (QED) is 0.875. The molecule has 2 fully saturated rings. The molecule has 2 amide bonds. The molecule has 24 heavy (non-hydrogen) atoms. The molecule has 1 saturated heterocycles. The molecule has 3 heterocycles. The minimum atomic E-state index is -0.351. The molecule has 2 aromatic heterocycles. The van der Waals surface area contributed by atoms with Crippen LogP contribution < -0.4 is 5.32 Å². The van der Waals surface area contributed by atoms with Crippen LogP contribution in [0.2, 0.25) is 0 Å². The monoisotopic (exact) mass is 325 g/mol. The summed E-state index contributed by atoms with van der Waals surface area (Å²) < 4.78 is 0. The molecule has 1 atom stereocenters. The van der Waals surface area contributed by atoms with Crippen LogP contribution >= 0.6 is 0 Å². The third-order valence-corrected chi connectivity index (χ3v) is 4.52. The van der Waals surface area contributed by atoms with E-state index < -0.39 is 0 Å². The van der Waals surface area contributed by atoms with Gasteiger partial charge in [0.25, 0.3) is 0 Å². The molecule has 0 bridgehead atoms. The zero-order chi connectivity index (χ0) is 16.5. The molecule has 7 heteroatoms. The van der Waals surface area contributed by atoms with Gasteiger partial charge in [0, 0.05) is 30.8 Å². The number of aromatic nitrogens is 3. The van der Waals surface area contributed by atoms with Crippen LogP contribution in [-0.4, -0.2) is 38.2 Å². The van der Waals surface area contributed by atoms with Crippen molar-refractivity contribution in [2.45, 2.75) is 31.7 Å². The molecule has 4 rings (SSSR count). The van der Waals surface area contributed by atoms with Crippen molar-refractivity contribution in [1.82, 2.24) is 19.9 Å². The number of carbonyl (C=O) groups is 2. The van der Waals surface area contributed by atoms with Crippen LogP contribution in [0.3, 0.4) is 0 Å². The molecule has 124 valence electrons. The lowest BCUT2D eigenvalue weighted by Gasteiger charge is -2.15. The van der Waals surface area contributed by atoms with Crippen molar-refractivity contribution in [3.63, 3.8) is 0 Å². The van der Waals surface area contributed by atoms with Gasteiger partial charge in [-0.25, -0.2) is 4.98 Å². The van der Waals surface area contributed by atoms with E-state index in [-0.39, 0.29) is 24.2 Å². The number of nitrogens with zero attached hydrogens (tertiary/aromatic N) is 3. The highest BCUT2D eigenvalue weighted by Gasteiger charge is 2.35. The molecule has 1 aliphatic heterocycles. The van der Waals surface area contributed by atoms with Gasteiger partial charge in [0.2, 0.25) is 17.8 Å². The van der Waals surface area contributed by atoms with E-state index in [0.29, 0.717) is 25.0 Å². The SMILES string of the molecule is O=C(Nc1ncc(C2CC2)[nH]1)C1CC(=O)N(Cc2ccccn2)C1. The van der Waals surface area contributed by atoms with Gasteiger partial charge < -0.3 is 9.88 Å². The summed E-state index contributed by atoms with van der Waals surface area (Å²) in [5.74, 6) is 0.501. The van der Waals surface area contributed by atoms with E-state index in [2.05, 4.69) is 20.3 Å². The Kier molecular flexibility index (Phi) is 3.76. The normalized spacial score (nSPS) is 20.4. The van der Waals surface area contributed by atoms with Crippen LogP contribution in [0.15, 0.2) is 30.6 Å². The van der Waals surface area contributed by atoms with Crippen LogP contribution in [0.25, 0.3) is 0 Å². The Labute approximate surface area is 139 Å². The lowest BCUT2D eigenvalue weighted by atomic mass is 10.1. The first-order valence-corrected chi connectivity index (χ1v) is 8.22. The van der Waals surface area contributed by atoms with Crippen molar-refractivity contribution in [3.05, 3.63) is 42.0 Å². The first-order chi connectivity index (χ1) is 11.7. The number of anilines is 1. The Balaban J connectivity index is 1.35. The standard InChI is InChI=1S/C17H19N5O2/c23-15-7-12(9-22(15)10-13-3-1-2-6-18-13)16(24)21-17-19-8-14(20-17)11-4-5-11/h1-3,6,8,11-12H,4-5,7,9-10H2,(H2,19,20,21,24). The van der Waals surface area contributed by atoms with Crippen LogP contribution in [0.4, 0.5) is 5.95 Å². The topological polar surface area (TPSA) is 91.0 Å². The summed E-state index contributed by atoms with van der Waals surface area (Å²) >= 11 is 0. The summed E-state index contributed by atoms with van der Waals surface area (Å²) in [7, 11) is 0. The van der Waals surface area contributed by atoms with E-state index in [9.17, 15) is 9.59 Å². The van der Waals surface area contributed by atoms with E-state index in [4.69, 9.17) is 0 Å². The van der Waals surface area contributed by atoms with Gasteiger partial charge in [0.05, 0.1) is 24.4 Å². The Morgan fingerprint density at radius 1 is 1.33 bits per heavy atom. The fraction of sp³-hybridized carbons (Fsp3) is 0.412. The maximum atomic E-state index is 12.4. The highest BCUT2D eigenvalue weighted by atomic mass is 16.2. The van der Waals surface area contributed by atoms with Gasteiger partial charge in [0.15, 0.2) is 0 Å². The molecule has 0 spiro atoms. The van der Waals surface area contributed by atoms with E-state index in [0.717, 1.165) is 11.4 Å². The van der Waals surface area contributed by atoms with Crippen molar-refractivity contribution >= 4 is 17.8 Å². The van der Waals surface area contributed by atoms with E-state index >= 15 is 0 Å². The van der Waals surface area contributed by atoms with Gasteiger partial charge in [-0.15, -0.1) is 0 Å². The summed E-state index contributed by atoms with van der Waals surface area (Å²) in [6.45, 7) is 0.855. The zero-order valence-corrected chi connectivity index (χ0v) is 13.2. The number of carbonyl (C=O) groups excluding carboxylic acids is 2. The lowest BCUT2D eigenvalue weighted by molar-refractivity contribution is -0.128. The van der Waals surface area contributed by atoms with Crippen molar-refractivity contribution < 1.29 is 9.59 Å². The first-order valence-electron chi connectivity index (χ1n) is 8.22.